The fourth-order valence-electron chi connectivity index (χ4n) is 3.37. The summed E-state index contributed by atoms with van der Waals surface area (Å²) in [6, 6.07) is 25.8. The minimum Gasteiger partial charge on any atom is -0.452 e. The predicted molar refractivity (Wildman–Crippen MR) is 127 cm³/mol. The molecule has 1 N–H and O–H groups in total. The van der Waals surface area contributed by atoms with Gasteiger partial charge in [-0.1, -0.05) is 72.3 Å². The lowest BCUT2D eigenvalue weighted by Crippen LogP contribution is -2.31. The second-order valence-corrected chi connectivity index (χ2v) is 7.89. The van der Waals surface area contributed by atoms with Gasteiger partial charge in [0.05, 0.1) is 11.7 Å². The van der Waals surface area contributed by atoms with Crippen LogP contribution in [-0.4, -0.2) is 28.3 Å². The molecule has 0 aliphatic carbocycles. The molecule has 3 aromatic carbocycles. The Morgan fingerprint density at radius 2 is 1.61 bits per heavy atom. The largest absolute Gasteiger partial charge is 0.452 e. The number of benzene rings is 3. The average molecular weight is 460 g/mol. The van der Waals surface area contributed by atoms with Crippen molar-refractivity contribution in [2.45, 2.75) is 13.0 Å². The summed E-state index contributed by atoms with van der Waals surface area (Å²) in [5, 5.41) is 8.00. The quantitative estimate of drug-likeness (QED) is 0.384. The van der Waals surface area contributed by atoms with Crippen LogP contribution in [0.15, 0.2) is 91.1 Å². The highest BCUT2D eigenvalue weighted by molar-refractivity contribution is 6.30. The molecule has 0 fully saturated rings. The van der Waals surface area contributed by atoms with E-state index in [1.165, 1.54) is 0 Å². The van der Waals surface area contributed by atoms with Crippen LogP contribution in [0.1, 0.15) is 28.9 Å². The van der Waals surface area contributed by atoms with Gasteiger partial charge in [0.1, 0.15) is 11.3 Å². The second kappa shape index (κ2) is 10.1. The van der Waals surface area contributed by atoms with Crippen LogP contribution < -0.4 is 5.32 Å². The Balaban J connectivity index is 1.51. The van der Waals surface area contributed by atoms with E-state index in [1.54, 1.807) is 35.1 Å². The summed E-state index contributed by atoms with van der Waals surface area (Å²) in [6.45, 7) is 1.48. The van der Waals surface area contributed by atoms with Gasteiger partial charge in [-0.15, -0.1) is 0 Å². The molecule has 1 heterocycles. The highest BCUT2D eigenvalue weighted by atomic mass is 35.5. The number of nitrogens with one attached hydrogen (secondary N) is 1. The molecule has 7 heteroatoms. The van der Waals surface area contributed by atoms with Crippen LogP contribution in [0.5, 0.6) is 0 Å². The number of carbonyl (C=O) groups excluding carboxylic acids is 2. The van der Waals surface area contributed by atoms with Gasteiger partial charge in [0.2, 0.25) is 0 Å². The third-order valence-electron chi connectivity index (χ3n) is 5.08. The van der Waals surface area contributed by atoms with E-state index in [0.29, 0.717) is 16.3 Å². The summed E-state index contributed by atoms with van der Waals surface area (Å²) in [5.41, 5.74) is 3.17. The SMILES string of the molecule is C[C@@H](NC(=O)COC(=O)c1cn(-c2ccccc2)nc1-c1ccc(Cl)cc1)c1ccccc1. The van der Waals surface area contributed by atoms with Crippen LogP contribution >= 0.6 is 11.6 Å². The van der Waals surface area contributed by atoms with Gasteiger partial charge in [0, 0.05) is 16.8 Å². The number of halogens is 1. The highest BCUT2D eigenvalue weighted by Gasteiger charge is 2.21. The molecule has 1 amide bonds. The van der Waals surface area contributed by atoms with Crippen LogP contribution in [-0.2, 0) is 9.53 Å². The van der Waals surface area contributed by atoms with Crippen molar-refractivity contribution in [3.63, 3.8) is 0 Å². The summed E-state index contributed by atoms with van der Waals surface area (Å²) >= 11 is 6.01. The van der Waals surface area contributed by atoms with Crippen LogP contribution in [0.25, 0.3) is 16.9 Å². The number of para-hydroxylation sites is 1. The van der Waals surface area contributed by atoms with Crippen LogP contribution in [0, 0.1) is 0 Å². The van der Waals surface area contributed by atoms with E-state index in [0.717, 1.165) is 11.3 Å². The van der Waals surface area contributed by atoms with E-state index in [9.17, 15) is 9.59 Å². The van der Waals surface area contributed by atoms with Gasteiger partial charge in [-0.2, -0.15) is 5.10 Å². The number of aromatic nitrogens is 2. The Morgan fingerprint density at radius 3 is 2.27 bits per heavy atom. The lowest BCUT2D eigenvalue weighted by molar-refractivity contribution is -0.124. The normalized spacial score (nSPS) is 11.6. The fraction of sp³-hybridized carbons (Fsp3) is 0.115. The number of esters is 1. The molecule has 0 saturated carbocycles. The summed E-state index contributed by atoms with van der Waals surface area (Å²) in [5.74, 6) is -1.02. The van der Waals surface area contributed by atoms with Gasteiger partial charge in [-0.3, -0.25) is 4.79 Å². The van der Waals surface area contributed by atoms with Crippen molar-refractivity contribution >= 4 is 23.5 Å². The molecule has 1 atom stereocenters. The average Bonchev–Trinajstić information content (AvgIpc) is 3.30. The van der Waals surface area contributed by atoms with E-state index >= 15 is 0 Å². The molecule has 0 aliphatic rings. The molecule has 6 nitrogen and oxygen atoms in total. The fourth-order valence-corrected chi connectivity index (χ4v) is 3.50. The molecular formula is C26H22ClN3O3. The van der Waals surface area contributed by atoms with E-state index in [2.05, 4.69) is 10.4 Å². The number of hydrogen-bond acceptors (Lipinski definition) is 4. The molecule has 166 valence electrons. The molecule has 0 unspecified atom stereocenters. The van der Waals surface area contributed by atoms with Crippen molar-refractivity contribution in [3.8, 4) is 16.9 Å². The summed E-state index contributed by atoms with van der Waals surface area (Å²) in [7, 11) is 0. The van der Waals surface area contributed by atoms with Crippen molar-refractivity contribution < 1.29 is 14.3 Å². The summed E-state index contributed by atoms with van der Waals surface area (Å²) in [6.07, 6.45) is 1.60. The van der Waals surface area contributed by atoms with Crippen molar-refractivity contribution in [2.75, 3.05) is 6.61 Å². The standard InChI is InChI=1S/C26H22ClN3O3/c1-18(19-8-4-2-5-9-19)28-24(31)17-33-26(32)23-16-30(22-10-6-3-7-11-22)29-25(23)20-12-14-21(27)15-13-20/h2-16,18H,17H2,1H3,(H,28,31)/t18-/m1/s1. The summed E-state index contributed by atoms with van der Waals surface area (Å²) in [4.78, 5) is 25.3. The van der Waals surface area contributed by atoms with Crippen molar-refractivity contribution in [1.82, 2.24) is 15.1 Å². The third-order valence-corrected chi connectivity index (χ3v) is 5.34. The molecule has 0 spiro atoms. The Hall–Kier alpha value is -3.90. The Morgan fingerprint density at radius 1 is 0.970 bits per heavy atom. The minimum absolute atomic E-state index is 0.206. The van der Waals surface area contributed by atoms with Gasteiger partial charge in [-0.05, 0) is 36.8 Å². The van der Waals surface area contributed by atoms with Gasteiger partial charge >= 0.3 is 5.97 Å². The Kier molecular flexibility index (Phi) is 6.86. The van der Waals surface area contributed by atoms with Gasteiger partial charge in [0.15, 0.2) is 6.61 Å². The van der Waals surface area contributed by atoms with Gasteiger partial charge in [-0.25, -0.2) is 9.48 Å². The number of ether oxygens (including phenoxy) is 1. The molecule has 0 aliphatic heterocycles. The maximum Gasteiger partial charge on any atom is 0.342 e. The zero-order chi connectivity index (χ0) is 23.2. The number of hydrogen-bond donors (Lipinski definition) is 1. The zero-order valence-corrected chi connectivity index (χ0v) is 18.7. The molecule has 33 heavy (non-hydrogen) atoms. The monoisotopic (exact) mass is 459 g/mol. The van der Waals surface area contributed by atoms with E-state index < -0.39 is 12.6 Å². The van der Waals surface area contributed by atoms with Gasteiger partial charge in [0.25, 0.3) is 5.91 Å². The van der Waals surface area contributed by atoms with Crippen molar-refractivity contribution in [3.05, 3.63) is 107 Å². The highest BCUT2D eigenvalue weighted by Crippen LogP contribution is 2.26. The zero-order valence-electron chi connectivity index (χ0n) is 17.9. The van der Waals surface area contributed by atoms with Crippen LogP contribution in [0.4, 0.5) is 0 Å². The first-order chi connectivity index (χ1) is 16.0. The van der Waals surface area contributed by atoms with E-state index in [-0.39, 0.29) is 17.5 Å². The van der Waals surface area contributed by atoms with E-state index in [1.807, 2.05) is 67.6 Å². The molecule has 4 rings (SSSR count). The lowest BCUT2D eigenvalue weighted by Gasteiger charge is -2.14. The Labute approximate surface area is 196 Å². The second-order valence-electron chi connectivity index (χ2n) is 7.45. The predicted octanol–water partition coefficient (Wildman–Crippen LogP) is 5.23. The molecule has 0 radical (unpaired) electrons. The van der Waals surface area contributed by atoms with E-state index in [4.69, 9.17) is 16.3 Å². The van der Waals surface area contributed by atoms with Crippen LogP contribution in [0.2, 0.25) is 5.02 Å². The van der Waals surface area contributed by atoms with Crippen molar-refractivity contribution in [2.24, 2.45) is 0 Å². The van der Waals surface area contributed by atoms with Crippen LogP contribution in [0.3, 0.4) is 0 Å². The number of nitrogens with zero attached hydrogens (tertiary/aromatic N) is 2. The first-order valence-electron chi connectivity index (χ1n) is 10.4. The number of amides is 1. The third kappa shape index (κ3) is 5.48. The number of carbonyl (C=O) groups is 2. The molecule has 4 aromatic rings. The first kappa shape index (κ1) is 22.3. The number of rotatable bonds is 7. The lowest BCUT2D eigenvalue weighted by atomic mass is 10.1. The van der Waals surface area contributed by atoms with Crippen molar-refractivity contribution in [1.29, 1.82) is 0 Å². The maximum atomic E-state index is 12.9. The minimum atomic E-state index is -0.635. The smallest absolute Gasteiger partial charge is 0.342 e. The molecule has 0 bridgehead atoms. The Bertz CT molecular complexity index is 1240. The summed E-state index contributed by atoms with van der Waals surface area (Å²) < 4.78 is 6.94. The topological polar surface area (TPSA) is 73.2 Å². The molecular weight excluding hydrogens is 438 g/mol. The molecule has 1 aromatic heterocycles. The van der Waals surface area contributed by atoms with Gasteiger partial charge < -0.3 is 10.1 Å². The molecule has 0 saturated heterocycles. The maximum absolute atomic E-state index is 12.9. The first-order valence-corrected chi connectivity index (χ1v) is 10.8.